The summed E-state index contributed by atoms with van der Waals surface area (Å²) in [4.78, 5) is 0. The van der Waals surface area contributed by atoms with Crippen LogP contribution in [0.3, 0.4) is 0 Å². The molecule has 3 saturated carbocycles. The quantitative estimate of drug-likeness (QED) is 0.267. The van der Waals surface area contributed by atoms with Crippen LogP contribution in [0.4, 0.5) is 0 Å². The Bertz CT molecular complexity index is 587. The SMILES string of the molecule is CCCCOC[C@H]1CC[C@H]2[C@@H]3CC=C4C[C@@H](OCOC)CC[C@]4(C)[C@H]3CC[C@]12C. The molecule has 4 aliphatic carbocycles. The second-order valence-electron chi connectivity index (χ2n) is 10.9. The lowest BCUT2D eigenvalue weighted by Gasteiger charge is -2.58. The lowest BCUT2D eigenvalue weighted by atomic mass is 9.47. The number of hydrogen-bond donors (Lipinski definition) is 0. The third-order valence-electron chi connectivity index (χ3n) is 9.64. The van der Waals surface area contributed by atoms with Crippen LogP contribution in [0.5, 0.6) is 0 Å². The van der Waals surface area contributed by atoms with Gasteiger partial charge < -0.3 is 14.2 Å². The maximum Gasteiger partial charge on any atom is 0.146 e. The van der Waals surface area contributed by atoms with Crippen molar-refractivity contribution < 1.29 is 14.2 Å². The molecule has 4 aliphatic rings. The largest absolute Gasteiger partial charge is 0.381 e. The lowest BCUT2D eigenvalue weighted by Crippen LogP contribution is -2.50. The summed E-state index contributed by atoms with van der Waals surface area (Å²) in [5.41, 5.74) is 2.62. The Hall–Kier alpha value is -0.380. The average Bonchev–Trinajstić information content (AvgIpc) is 3.06. The minimum Gasteiger partial charge on any atom is -0.381 e. The summed E-state index contributed by atoms with van der Waals surface area (Å²) in [5, 5.41) is 0. The van der Waals surface area contributed by atoms with Crippen molar-refractivity contribution in [2.75, 3.05) is 27.1 Å². The van der Waals surface area contributed by atoms with Crippen molar-refractivity contribution in [1.29, 1.82) is 0 Å². The van der Waals surface area contributed by atoms with E-state index in [0.29, 0.717) is 23.7 Å². The number of methoxy groups -OCH3 is 1. The molecule has 0 unspecified atom stereocenters. The molecule has 0 aromatic heterocycles. The molecule has 0 aromatic rings. The number of allylic oxidation sites excluding steroid dienone is 1. The fraction of sp³-hybridized carbons (Fsp3) is 0.923. The van der Waals surface area contributed by atoms with E-state index in [2.05, 4.69) is 26.8 Å². The van der Waals surface area contributed by atoms with E-state index in [1.165, 1.54) is 57.8 Å². The summed E-state index contributed by atoms with van der Waals surface area (Å²) in [5.74, 6) is 3.45. The number of hydrogen-bond acceptors (Lipinski definition) is 3. The maximum atomic E-state index is 6.12. The van der Waals surface area contributed by atoms with E-state index in [4.69, 9.17) is 14.2 Å². The minimum absolute atomic E-state index is 0.357. The molecule has 0 N–H and O–H groups in total. The van der Waals surface area contributed by atoms with Gasteiger partial charge in [-0.25, -0.2) is 0 Å². The van der Waals surface area contributed by atoms with Crippen molar-refractivity contribution in [2.24, 2.45) is 34.5 Å². The number of rotatable bonds is 8. The lowest BCUT2D eigenvalue weighted by molar-refractivity contribution is -0.0991. The van der Waals surface area contributed by atoms with Crippen LogP contribution in [0.25, 0.3) is 0 Å². The Balaban J connectivity index is 1.44. The molecule has 3 fully saturated rings. The summed E-state index contributed by atoms with van der Waals surface area (Å²) in [6, 6.07) is 0. The highest BCUT2D eigenvalue weighted by Gasteiger charge is 2.58. The first-order chi connectivity index (χ1) is 14.0. The van der Waals surface area contributed by atoms with Gasteiger partial charge in [0, 0.05) is 20.3 Å². The maximum absolute atomic E-state index is 6.12. The van der Waals surface area contributed by atoms with E-state index < -0.39 is 0 Å². The predicted molar refractivity (Wildman–Crippen MR) is 118 cm³/mol. The zero-order valence-electron chi connectivity index (χ0n) is 19.4. The van der Waals surface area contributed by atoms with Crippen molar-refractivity contribution in [2.45, 2.75) is 91.1 Å². The second kappa shape index (κ2) is 9.01. The average molecular weight is 405 g/mol. The zero-order valence-corrected chi connectivity index (χ0v) is 19.4. The monoisotopic (exact) mass is 404 g/mol. The number of unbranched alkanes of at least 4 members (excludes halogenated alkanes) is 1. The highest BCUT2D eigenvalue weighted by molar-refractivity contribution is 5.25. The van der Waals surface area contributed by atoms with Crippen molar-refractivity contribution >= 4 is 0 Å². The number of ether oxygens (including phenoxy) is 3. The Labute approximate surface area is 178 Å². The van der Waals surface area contributed by atoms with E-state index in [1.54, 1.807) is 12.7 Å². The molecule has 3 nitrogen and oxygen atoms in total. The van der Waals surface area contributed by atoms with Crippen LogP contribution in [-0.4, -0.2) is 33.2 Å². The van der Waals surface area contributed by atoms with E-state index in [0.717, 1.165) is 43.3 Å². The van der Waals surface area contributed by atoms with Crippen molar-refractivity contribution in [3.05, 3.63) is 11.6 Å². The third kappa shape index (κ3) is 3.96. The molecule has 7 atom stereocenters. The highest BCUT2D eigenvalue weighted by Crippen LogP contribution is 2.66. The molecule has 0 aromatic carbocycles. The molecule has 0 aliphatic heterocycles. The van der Waals surface area contributed by atoms with Crippen molar-refractivity contribution in [1.82, 2.24) is 0 Å². The van der Waals surface area contributed by atoms with Gasteiger partial charge in [-0.2, -0.15) is 0 Å². The third-order valence-corrected chi connectivity index (χ3v) is 9.64. The molecule has 3 heteroatoms. The summed E-state index contributed by atoms with van der Waals surface area (Å²) in [6.45, 7) is 9.84. The molecule has 0 bridgehead atoms. The number of fused-ring (bicyclic) bond motifs is 5. The van der Waals surface area contributed by atoms with E-state index >= 15 is 0 Å². The highest BCUT2D eigenvalue weighted by atomic mass is 16.7. The van der Waals surface area contributed by atoms with Gasteiger partial charge in [-0.1, -0.05) is 38.8 Å². The van der Waals surface area contributed by atoms with Gasteiger partial charge in [0.25, 0.3) is 0 Å². The first kappa shape index (κ1) is 21.8. The summed E-state index contributed by atoms with van der Waals surface area (Å²) in [7, 11) is 1.72. The topological polar surface area (TPSA) is 27.7 Å². The molecule has 4 rings (SSSR count). The summed E-state index contributed by atoms with van der Waals surface area (Å²) in [6.07, 6.45) is 16.0. The Morgan fingerprint density at radius 3 is 2.72 bits per heavy atom. The molecular weight excluding hydrogens is 360 g/mol. The van der Waals surface area contributed by atoms with E-state index in [1.807, 2.05) is 0 Å². The Morgan fingerprint density at radius 1 is 1.07 bits per heavy atom. The fourth-order valence-corrected chi connectivity index (χ4v) is 7.79. The molecule has 0 saturated heterocycles. The van der Waals surface area contributed by atoms with Crippen LogP contribution in [-0.2, 0) is 14.2 Å². The van der Waals surface area contributed by atoms with Gasteiger partial charge >= 0.3 is 0 Å². The zero-order chi connectivity index (χ0) is 20.5. The Morgan fingerprint density at radius 2 is 1.93 bits per heavy atom. The molecule has 0 amide bonds. The molecule has 0 heterocycles. The van der Waals surface area contributed by atoms with Crippen molar-refractivity contribution in [3.8, 4) is 0 Å². The van der Waals surface area contributed by atoms with Gasteiger partial charge in [-0.3, -0.25) is 0 Å². The van der Waals surface area contributed by atoms with Gasteiger partial charge in [0.1, 0.15) is 6.79 Å². The van der Waals surface area contributed by atoms with Crippen LogP contribution < -0.4 is 0 Å². The van der Waals surface area contributed by atoms with Gasteiger partial charge in [0.05, 0.1) is 6.10 Å². The molecule has 0 radical (unpaired) electrons. The predicted octanol–water partition coefficient (Wildman–Crippen LogP) is 6.37. The van der Waals surface area contributed by atoms with Gasteiger partial charge in [-0.05, 0) is 92.3 Å². The van der Waals surface area contributed by atoms with Gasteiger partial charge in [0.15, 0.2) is 0 Å². The van der Waals surface area contributed by atoms with E-state index in [9.17, 15) is 0 Å². The van der Waals surface area contributed by atoms with Gasteiger partial charge in [-0.15, -0.1) is 0 Å². The molecule has 29 heavy (non-hydrogen) atoms. The standard InChI is InChI=1S/C26H44O3/c1-5-6-15-28-17-20-8-10-23-22-9-7-19-16-21(29-18-27-4)11-13-25(19,2)24(22)12-14-26(20,23)3/h7,20-24H,5-6,8-18H2,1-4H3/t20-,21+,22+,23+,24+,25+,26-/m1/s1. The van der Waals surface area contributed by atoms with E-state index in [-0.39, 0.29) is 0 Å². The first-order valence-electron chi connectivity index (χ1n) is 12.4. The smallest absolute Gasteiger partial charge is 0.146 e. The Kier molecular flexibility index (Phi) is 6.78. The fourth-order valence-electron chi connectivity index (χ4n) is 7.79. The minimum atomic E-state index is 0.357. The summed E-state index contributed by atoms with van der Waals surface area (Å²) >= 11 is 0. The molecule has 0 spiro atoms. The van der Waals surface area contributed by atoms with Crippen LogP contribution in [0.15, 0.2) is 11.6 Å². The first-order valence-corrected chi connectivity index (χ1v) is 12.4. The van der Waals surface area contributed by atoms with Crippen LogP contribution in [0, 0.1) is 34.5 Å². The van der Waals surface area contributed by atoms with Crippen LogP contribution in [0.1, 0.15) is 85.0 Å². The van der Waals surface area contributed by atoms with Crippen LogP contribution >= 0.6 is 0 Å². The van der Waals surface area contributed by atoms with Crippen LogP contribution in [0.2, 0.25) is 0 Å². The molecule has 166 valence electrons. The normalized spacial score (nSPS) is 44.0. The van der Waals surface area contributed by atoms with Gasteiger partial charge in [0.2, 0.25) is 0 Å². The van der Waals surface area contributed by atoms with Crippen molar-refractivity contribution in [3.63, 3.8) is 0 Å². The molecular formula is C26H44O3. The summed E-state index contributed by atoms with van der Waals surface area (Å²) < 4.78 is 17.2. The second-order valence-corrected chi connectivity index (χ2v) is 10.9.